The smallest absolute Gasteiger partial charge is 0.410 e. The van der Waals surface area contributed by atoms with E-state index in [0.29, 0.717) is 13.1 Å². The van der Waals surface area contributed by atoms with E-state index in [0.717, 1.165) is 13.1 Å². The maximum absolute atomic E-state index is 12.5. The summed E-state index contributed by atoms with van der Waals surface area (Å²) < 4.78 is 5.56. The highest BCUT2D eigenvalue weighted by molar-refractivity contribution is 5.73. The molecule has 0 spiro atoms. The maximum atomic E-state index is 12.5. The van der Waals surface area contributed by atoms with E-state index in [-0.39, 0.29) is 12.1 Å². The Morgan fingerprint density at radius 3 is 2.43 bits per heavy atom. The number of hydrogen-bond donors (Lipinski definition) is 0. The molecule has 3 rings (SSSR count). The first kappa shape index (κ1) is 22.1. The van der Waals surface area contributed by atoms with Gasteiger partial charge < -0.3 is 9.64 Å². The predicted octanol–water partition coefficient (Wildman–Crippen LogP) is 5.76. The van der Waals surface area contributed by atoms with Crippen molar-refractivity contribution in [2.75, 3.05) is 26.2 Å². The number of allylic oxidation sites excluding steroid dienone is 6. The Balaban J connectivity index is 1.88. The van der Waals surface area contributed by atoms with Gasteiger partial charge in [0, 0.05) is 26.2 Å². The number of nitrogens with zero attached hydrogens (tertiary/aromatic N) is 2. The monoisotopic (exact) mass is 406 g/mol. The first-order chi connectivity index (χ1) is 14.2. The van der Waals surface area contributed by atoms with E-state index in [4.69, 9.17) is 4.74 Å². The lowest BCUT2D eigenvalue weighted by Crippen LogP contribution is -2.51. The second-order valence-electron chi connectivity index (χ2n) is 9.05. The predicted molar refractivity (Wildman–Crippen MR) is 124 cm³/mol. The lowest BCUT2D eigenvalue weighted by Gasteiger charge is -2.40. The minimum Gasteiger partial charge on any atom is -0.444 e. The van der Waals surface area contributed by atoms with Gasteiger partial charge in [0.15, 0.2) is 0 Å². The van der Waals surface area contributed by atoms with E-state index < -0.39 is 5.60 Å². The lowest BCUT2D eigenvalue weighted by molar-refractivity contribution is 0.0118. The normalized spacial score (nSPS) is 20.6. The summed E-state index contributed by atoms with van der Waals surface area (Å²) in [7, 11) is 0. The van der Waals surface area contributed by atoms with Crippen LogP contribution in [0, 0.1) is 0 Å². The average molecular weight is 407 g/mol. The molecule has 4 nitrogen and oxygen atoms in total. The van der Waals surface area contributed by atoms with Crippen LogP contribution in [-0.2, 0) is 4.74 Å². The van der Waals surface area contributed by atoms with Gasteiger partial charge in [-0.15, -0.1) is 0 Å². The Kier molecular flexibility index (Phi) is 6.67. The SMILES string of the molecule is C=C/C=C\C1=C(C)C(N2CCN(C(=O)OC(C)(C)C)CC2)c2ccccc2C(C)=C1. The zero-order valence-corrected chi connectivity index (χ0v) is 18.9. The van der Waals surface area contributed by atoms with Crippen LogP contribution in [0.15, 0.2) is 66.3 Å². The molecular weight excluding hydrogens is 372 g/mol. The van der Waals surface area contributed by atoms with E-state index in [1.807, 2.05) is 37.8 Å². The van der Waals surface area contributed by atoms with Gasteiger partial charge >= 0.3 is 6.09 Å². The zero-order chi connectivity index (χ0) is 21.9. The lowest BCUT2D eigenvalue weighted by atomic mass is 9.91. The number of ether oxygens (including phenoxy) is 1. The third-order valence-electron chi connectivity index (χ3n) is 5.66. The highest BCUT2D eigenvalue weighted by Gasteiger charge is 2.32. The number of amides is 1. The topological polar surface area (TPSA) is 32.8 Å². The molecule has 1 amide bonds. The average Bonchev–Trinajstić information content (AvgIpc) is 2.80. The van der Waals surface area contributed by atoms with Crippen molar-refractivity contribution >= 4 is 11.7 Å². The van der Waals surface area contributed by atoms with Crippen LogP contribution in [0.25, 0.3) is 5.57 Å². The Bertz CT molecular complexity index is 894. The Morgan fingerprint density at radius 2 is 1.80 bits per heavy atom. The zero-order valence-electron chi connectivity index (χ0n) is 18.9. The molecular formula is C26H34N2O2. The highest BCUT2D eigenvalue weighted by atomic mass is 16.6. The summed E-state index contributed by atoms with van der Waals surface area (Å²) in [6.45, 7) is 16.9. The van der Waals surface area contributed by atoms with Gasteiger partial charge in [-0.05, 0) is 62.5 Å². The minimum atomic E-state index is -0.469. The quantitative estimate of drug-likeness (QED) is 0.599. The van der Waals surface area contributed by atoms with Gasteiger partial charge in [-0.25, -0.2) is 4.79 Å². The van der Waals surface area contributed by atoms with Gasteiger partial charge in [0.25, 0.3) is 0 Å². The summed E-state index contributed by atoms with van der Waals surface area (Å²) in [5, 5.41) is 0. The standard InChI is InChI=1S/C26H34N2O2/c1-7-8-11-21-18-19(2)22-12-9-10-13-23(22)24(20(21)3)27-14-16-28(17-15-27)25(29)30-26(4,5)6/h7-13,18,24H,1,14-17H2,2-6H3/b11-8-. The molecule has 30 heavy (non-hydrogen) atoms. The molecule has 0 aromatic heterocycles. The van der Waals surface area contributed by atoms with Crippen LogP contribution in [0.2, 0.25) is 0 Å². The minimum absolute atomic E-state index is 0.181. The molecule has 1 unspecified atom stereocenters. The van der Waals surface area contributed by atoms with Crippen molar-refractivity contribution in [2.45, 2.75) is 46.3 Å². The van der Waals surface area contributed by atoms with Crippen LogP contribution < -0.4 is 0 Å². The molecule has 1 aliphatic carbocycles. The van der Waals surface area contributed by atoms with Gasteiger partial charge in [0.1, 0.15) is 5.60 Å². The molecule has 1 atom stereocenters. The summed E-state index contributed by atoms with van der Waals surface area (Å²) in [4.78, 5) is 16.8. The third kappa shape index (κ3) is 4.93. The van der Waals surface area contributed by atoms with Crippen LogP contribution in [0.5, 0.6) is 0 Å². The van der Waals surface area contributed by atoms with Gasteiger partial charge in [0.2, 0.25) is 0 Å². The van der Waals surface area contributed by atoms with E-state index in [1.165, 1.54) is 27.8 Å². The molecule has 0 N–H and O–H groups in total. The maximum Gasteiger partial charge on any atom is 0.410 e. The van der Waals surface area contributed by atoms with Crippen molar-refractivity contribution in [2.24, 2.45) is 0 Å². The molecule has 1 saturated heterocycles. The number of hydrogen-bond acceptors (Lipinski definition) is 3. The van der Waals surface area contributed by atoms with Crippen molar-refractivity contribution in [1.29, 1.82) is 0 Å². The highest BCUT2D eigenvalue weighted by Crippen LogP contribution is 2.39. The van der Waals surface area contributed by atoms with Gasteiger partial charge in [-0.3, -0.25) is 4.90 Å². The Labute approximate surface area is 181 Å². The molecule has 1 aliphatic heterocycles. The number of rotatable bonds is 3. The molecule has 0 saturated carbocycles. The van der Waals surface area contributed by atoms with Crippen LogP contribution >= 0.6 is 0 Å². The number of carbonyl (C=O) groups is 1. The molecule has 1 fully saturated rings. The molecule has 1 aromatic carbocycles. The second-order valence-corrected chi connectivity index (χ2v) is 9.05. The molecule has 0 bridgehead atoms. The molecule has 4 heteroatoms. The molecule has 1 aromatic rings. The largest absolute Gasteiger partial charge is 0.444 e. The van der Waals surface area contributed by atoms with Gasteiger partial charge in [0.05, 0.1) is 6.04 Å². The van der Waals surface area contributed by atoms with E-state index in [9.17, 15) is 4.79 Å². The van der Waals surface area contributed by atoms with E-state index >= 15 is 0 Å². The first-order valence-electron chi connectivity index (χ1n) is 10.7. The van der Waals surface area contributed by atoms with Crippen molar-refractivity contribution < 1.29 is 9.53 Å². The third-order valence-corrected chi connectivity index (χ3v) is 5.66. The second kappa shape index (κ2) is 9.05. The number of benzene rings is 1. The number of fused-ring (bicyclic) bond motifs is 1. The van der Waals surface area contributed by atoms with Crippen LogP contribution in [0.4, 0.5) is 4.79 Å². The molecule has 2 aliphatic rings. The molecule has 1 heterocycles. The summed E-state index contributed by atoms with van der Waals surface area (Å²) >= 11 is 0. The first-order valence-corrected chi connectivity index (χ1v) is 10.7. The molecule has 0 radical (unpaired) electrons. The molecule has 160 valence electrons. The number of piperazine rings is 1. The Morgan fingerprint density at radius 1 is 1.13 bits per heavy atom. The van der Waals surface area contributed by atoms with Crippen molar-refractivity contribution in [3.63, 3.8) is 0 Å². The summed E-state index contributed by atoms with van der Waals surface area (Å²) in [5.41, 5.74) is 5.97. The van der Waals surface area contributed by atoms with E-state index in [2.05, 4.69) is 61.7 Å². The fraction of sp³-hybridized carbons (Fsp3) is 0.423. The fourth-order valence-electron chi connectivity index (χ4n) is 4.22. The van der Waals surface area contributed by atoms with Gasteiger partial charge in [-0.1, -0.05) is 55.1 Å². The summed E-state index contributed by atoms with van der Waals surface area (Å²) in [5.74, 6) is 0. The van der Waals surface area contributed by atoms with E-state index in [1.54, 1.807) is 0 Å². The number of carbonyl (C=O) groups excluding carboxylic acids is 1. The fourth-order valence-corrected chi connectivity index (χ4v) is 4.22. The van der Waals surface area contributed by atoms with Crippen LogP contribution in [0.1, 0.15) is 51.8 Å². The van der Waals surface area contributed by atoms with Gasteiger partial charge in [-0.2, -0.15) is 0 Å². The van der Waals surface area contributed by atoms with Crippen molar-refractivity contribution in [1.82, 2.24) is 9.80 Å². The summed E-state index contributed by atoms with van der Waals surface area (Å²) in [6, 6.07) is 8.85. The van der Waals surface area contributed by atoms with Crippen molar-refractivity contribution in [3.05, 3.63) is 77.4 Å². The van der Waals surface area contributed by atoms with Crippen molar-refractivity contribution in [3.8, 4) is 0 Å². The Hall–Kier alpha value is -2.59. The van der Waals surface area contributed by atoms with Crippen LogP contribution in [0.3, 0.4) is 0 Å². The summed E-state index contributed by atoms with van der Waals surface area (Å²) in [6.07, 6.45) is 8.00. The van der Waals surface area contributed by atoms with Crippen LogP contribution in [-0.4, -0.2) is 47.7 Å².